The number of benzene rings is 1. The molecule has 1 amide bonds. The highest BCUT2D eigenvalue weighted by Crippen LogP contribution is 2.40. The molecule has 0 aromatic heterocycles. The maximum atomic E-state index is 11.5. The number of amides is 1. The lowest BCUT2D eigenvalue weighted by Gasteiger charge is -2.15. The molecule has 0 saturated carbocycles. The first-order valence-corrected chi connectivity index (χ1v) is 6.27. The Kier molecular flexibility index (Phi) is 3.47. The molecule has 0 bridgehead atoms. The Bertz CT molecular complexity index is 436. The van der Waals surface area contributed by atoms with Crippen molar-refractivity contribution in [3.8, 4) is 11.5 Å². The number of methoxy groups -OCH3 is 2. The third kappa shape index (κ3) is 2.34. The van der Waals surface area contributed by atoms with E-state index in [0.29, 0.717) is 0 Å². The lowest BCUT2D eigenvalue weighted by Crippen LogP contribution is -2.22. The van der Waals surface area contributed by atoms with E-state index in [9.17, 15) is 4.79 Å². The lowest BCUT2D eigenvalue weighted by molar-refractivity contribution is -0.119. The van der Waals surface area contributed by atoms with Gasteiger partial charge in [0, 0.05) is 5.56 Å². The van der Waals surface area contributed by atoms with E-state index in [4.69, 9.17) is 9.47 Å². The van der Waals surface area contributed by atoms with E-state index in [1.807, 2.05) is 25.1 Å². The number of ether oxygens (including phenoxy) is 2. The van der Waals surface area contributed by atoms with Crippen molar-refractivity contribution < 1.29 is 14.3 Å². The molecule has 1 heterocycles. The molecule has 2 atom stereocenters. The Labute approximate surface area is 105 Å². The van der Waals surface area contributed by atoms with Gasteiger partial charge in [0.25, 0.3) is 0 Å². The minimum Gasteiger partial charge on any atom is -0.497 e. The van der Waals surface area contributed by atoms with Crippen LogP contribution in [0.2, 0.25) is 0 Å². The van der Waals surface area contributed by atoms with Crippen molar-refractivity contribution >= 4 is 17.7 Å². The molecule has 2 rings (SSSR count). The molecule has 1 N–H and O–H groups in total. The number of nitrogens with one attached hydrogen (secondary N) is 1. The van der Waals surface area contributed by atoms with Gasteiger partial charge < -0.3 is 14.8 Å². The third-order valence-corrected chi connectivity index (χ3v) is 3.97. The zero-order chi connectivity index (χ0) is 12.4. The zero-order valence-corrected chi connectivity index (χ0v) is 10.8. The van der Waals surface area contributed by atoms with Gasteiger partial charge in [-0.3, -0.25) is 4.79 Å². The average molecular weight is 253 g/mol. The molecule has 1 fully saturated rings. The molecule has 1 saturated heterocycles. The fourth-order valence-electron chi connectivity index (χ4n) is 1.74. The molecule has 1 aliphatic rings. The zero-order valence-electron chi connectivity index (χ0n) is 10.0. The molecular formula is C12H15NO3S. The quantitative estimate of drug-likeness (QED) is 0.894. The van der Waals surface area contributed by atoms with E-state index in [1.165, 1.54) is 0 Å². The first kappa shape index (κ1) is 12.1. The molecule has 2 unspecified atom stereocenters. The number of hydrogen-bond donors (Lipinski definition) is 1. The van der Waals surface area contributed by atoms with Gasteiger partial charge >= 0.3 is 0 Å². The second-order valence-electron chi connectivity index (χ2n) is 3.77. The summed E-state index contributed by atoms with van der Waals surface area (Å²) >= 11 is 1.58. The maximum Gasteiger partial charge on any atom is 0.234 e. The Balaban J connectivity index is 2.33. The van der Waals surface area contributed by atoms with Crippen LogP contribution in [0.1, 0.15) is 17.9 Å². The predicted octanol–water partition coefficient (Wildman–Crippen LogP) is 1.95. The molecule has 92 valence electrons. The number of rotatable bonds is 3. The van der Waals surface area contributed by atoms with Gasteiger partial charge in [-0.1, -0.05) is 0 Å². The minimum absolute atomic E-state index is 0.0316. The summed E-state index contributed by atoms with van der Waals surface area (Å²) in [7, 11) is 3.24. The van der Waals surface area contributed by atoms with E-state index in [2.05, 4.69) is 5.32 Å². The van der Waals surface area contributed by atoms with Gasteiger partial charge in [0.05, 0.1) is 19.5 Å². The van der Waals surface area contributed by atoms with Gasteiger partial charge in [-0.05, 0) is 25.1 Å². The van der Waals surface area contributed by atoms with Crippen LogP contribution in [0.4, 0.5) is 0 Å². The average Bonchev–Trinajstić information content (AvgIpc) is 2.68. The summed E-state index contributed by atoms with van der Waals surface area (Å²) in [5.41, 5.74) is 0.939. The predicted molar refractivity (Wildman–Crippen MR) is 67.5 cm³/mol. The minimum atomic E-state index is -0.0671. The van der Waals surface area contributed by atoms with Crippen LogP contribution in [-0.2, 0) is 4.79 Å². The monoisotopic (exact) mass is 253 g/mol. The fraction of sp³-hybridized carbons (Fsp3) is 0.417. The molecule has 1 aromatic carbocycles. The molecular weight excluding hydrogens is 238 g/mol. The Morgan fingerprint density at radius 1 is 1.29 bits per heavy atom. The van der Waals surface area contributed by atoms with Gasteiger partial charge in [-0.15, -0.1) is 11.8 Å². The van der Waals surface area contributed by atoms with Crippen LogP contribution in [0, 0.1) is 0 Å². The number of thioether (sulfide) groups is 1. The number of carbonyl (C=O) groups excluding carboxylic acids is 1. The molecule has 1 aliphatic heterocycles. The molecule has 1 aromatic rings. The van der Waals surface area contributed by atoms with Gasteiger partial charge in [0.2, 0.25) is 5.91 Å². The van der Waals surface area contributed by atoms with Crippen molar-refractivity contribution in [1.82, 2.24) is 5.32 Å². The van der Waals surface area contributed by atoms with E-state index >= 15 is 0 Å². The van der Waals surface area contributed by atoms with Crippen LogP contribution in [-0.4, -0.2) is 25.4 Å². The summed E-state index contributed by atoms with van der Waals surface area (Å²) in [6.45, 7) is 1.90. The Morgan fingerprint density at radius 3 is 2.59 bits per heavy atom. The van der Waals surface area contributed by atoms with Crippen molar-refractivity contribution in [3.05, 3.63) is 23.8 Å². The highest BCUT2D eigenvalue weighted by Gasteiger charge is 2.32. The van der Waals surface area contributed by atoms with Crippen molar-refractivity contribution in [2.24, 2.45) is 0 Å². The largest absolute Gasteiger partial charge is 0.497 e. The second kappa shape index (κ2) is 4.87. The van der Waals surface area contributed by atoms with Gasteiger partial charge in [-0.2, -0.15) is 0 Å². The molecule has 0 spiro atoms. The highest BCUT2D eigenvalue weighted by molar-refractivity contribution is 8.01. The molecule has 4 nitrogen and oxygen atoms in total. The summed E-state index contributed by atoms with van der Waals surface area (Å²) in [6, 6.07) is 5.59. The summed E-state index contributed by atoms with van der Waals surface area (Å²) in [4.78, 5) is 11.5. The van der Waals surface area contributed by atoms with Crippen LogP contribution >= 0.6 is 11.8 Å². The van der Waals surface area contributed by atoms with E-state index in [1.54, 1.807) is 26.0 Å². The highest BCUT2D eigenvalue weighted by atomic mass is 32.2. The SMILES string of the molecule is COc1ccc(OC)c(C2NC(=O)C(C)S2)c1. The van der Waals surface area contributed by atoms with Crippen LogP contribution < -0.4 is 14.8 Å². The van der Waals surface area contributed by atoms with E-state index < -0.39 is 0 Å². The van der Waals surface area contributed by atoms with Gasteiger partial charge in [-0.25, -0.2) is 0 Å². The molecule has 5 heteroatoms. The maximum absolute atomic E-state index is 11.5. The number of carbonyl (C=O) groups is 1. The van der Waals surface area contributed by atoms with Gasteiger partial charge in [0.1, 0.15) is 16.9 Å². The van der Waals surface area contributed by atoms with Crippen molar-refractivity contribution in [3.63, 3.8) is 0 Å². The summed E-state index contributed by atoms with van der Waals surface area (Å²) in [5, 5.41) is 2.84. The first-order chi connectivity index (χ1) is 8.15. The summed E-state index contributed by atoms with van der Waals surface area (Å²) < 4.78 is 10.5. The Morgan fingerprint density at radius 2 is 2.06 bits per heavy atom. The fourth-order valence-corrected chi connectivity index (χ4v) is 2.86. The topological polar surface area (TPSA) is 47.6 Å². The van der Waals surface area contributed by atoms with E-state index in [-0.39, 0.29) is 16.5 Å². The van der Waals surface area contributed by atoms with Crippen LogP contribution in [0.25, 0.3) is 0 Å². The van der Waals surface area contributed by atoms with E-state index in [0.717, 1.165) is 17.1 Å². The summed E-state index contributed by atoms with van der Waals surface area (Å²) in [5.74, 6) is 1.58. The van der Waals surface area contributed by atoms with Crippen molar-refractivity contribution in [2.45, 2.75) is 17.5 Å². The Hall–Kier alpha value is -1.36. The molecule has 0 radical (unpaired) electrons. The van der Waals surface area contributed by atoms with Gasteiger partial charge in [0.15, 0.2) is 0 Å². The molecule has 0 aliphatic carbocycles. The van der Waals surface area contributed by atoms with Crippen LogP contribution in [0.15, 0.2) is 18.2 Å². The smallest absolute Gasteiger partial charge is 0.234 e. The standard InChI is InChI=1S/C12H15NO3S/c1-7-11(14)13-12(17-7)9-6-8(15-2)4-5-10(9)16-3/h4-7,12H,1-3H3,(H,13,14). The number of hydrogen-bond acceptors (Lipinski definition) is 4. The normalized spacial score (nSPS) is 23.4. The van der Waals surface area contributed by atoms with Crippen LogP contribution in [0.5, 0.6) is 11.5 Å². The van der Waals surface area contributed by atoms with Crippen LogP contribution in [0.3, 0.4) is 0 Å². The summed E-state index contributed by atoms with van der Waals surface area (Å²) in [6.07, 6.45) is 0. The van der Waals surface area contributed by atoms with Crippen molar-refractivity contribution in [2.75, 3.05) is 14.2 Å². The second-order valence-corrected chi connectivity index (χ2v) is 5.23. The lowest BCUT2D eigenvalue weighted by atomic mass is 10.2. The molecule has 17 heavy (non-hydrogen) atoms. The van der Waals surface area contributed by atoms with Crippen molar-refractivity contribution in [1.29, 1.82) is 0 Å². The third-order valence-electron chi connectivity index (χ3n) is 2.70. The first-order valence-electron chi connectivity index (χ1n) is 5.33.